The molecule has 9 heteroatoms. The van der Waals surface area contributed by atoms with Gasteiger partial charge in [0.1, 0.15) is 5.01 Å². The van der Waals surface area contributed by atoms with E-state index in [1.807, 2.05) is 36.6 Å². The fourth-order valence-corrected chi connectivity index (χ4v) is 3.40. The van der Waals surface area contributed by atoms with E-state index in [9.17, 15) is 9.59 Å². The van der Waals surface area contributed by atoms with E-state index >= 15 is 0 Å². The Morgan fingerprint density at radius 2 is 2.04 bits per heavy atom. The van der Waals surface area contributed by atoms with Crippen LogP contribution in [0.1, 0.15) is 25.8 Å². The molecule has 0 unspecified atom stereocenters. The topological polar surface area (TPSA) is 96.3 Å². The number of amides is 2. The minimum Gasteiger partial charge on any atom is -0.296 e. The summed E-state index contributed by atoms with van der Waals surface area (Å²) in [6.07, 6.45) is 1.62. The van der Waals surface area contributed by atoms with Crippen molar-refractivity contribution in [2.45, 2.75) is 13.3 Å². The lowest BCUT2D eigenvalue weighted by molar-refractivity contribution is -0.120. The van der Waals surface area contributed by atoms with Crippen molar-refractivity contribution in [2.24, 2.45) is 5.10 Å². The van der Waals surface area contributed by atoms with Gasteiger partial charge in [0.2, 0.25) is 11.0 Å². The molecule has 0 fully saturated rings. The Balaban J connectivity index is 1.53. The van der Waals surface area contributed by atoms with E-state index in [0.29, 0.717) is 15.7 Å². The molecule has 7 nitrogen and oxygen atoms in total. The van der Waals surface area contributed by atoms with Crippen molar-refractivity contribution in [3.63, 3.8) is 0 Å². The minimum absolute atomic E-state index is 0.0414. The fraction of sp³-hybridized carbons (Fsp3) is 0.118. The van der Waals surface area contributed by atoms with Gasteiger partial charge in [0.05, 0.1) is 12.6 Å². The van der Waals surface area contributed by atoms with E-state index < -0.39 is 0 Å². The quantitative estimate of drug-likeness (QED) is 0.504. The van der Waals surface area contributed by atoms with Gasteiger partial charge in [-0.1, -0.05) is 35.6 Å². The highest BCUT2D eigenvalue weighted by Gasteiger charge is 2.13. The van der Waals surface area contributed by atoms with Crippen molar-refractivity contribution in [3.8, 4) is 0 Å². The zero-order valence-electron chi connectivity index (χ0n) is 13.8. The molecule has 2 aromatic heterocycles. The van der Waals surface area contributed by atoms with Crippen molar-refractivity contribution in [1.82, 2.24) is 15.6 Å². The molecule has 0 radical (unpaired) electrons. The average molecular weight is 385 g/mol. The van der Waals surface area contributed by atoms with E-state index in [1.54, 1.807) is 18.3 Å². The smallest absolute Gasteiger partial charge is 0.257 e. The second-order valence-electron chi connectivity index (χ2n) is 5.26. The van der Waals surface area contributed by atoms with Crippen molar-refractivity contribution < 1.29 is 9.59 Å². The first kappa shape index (κ1) is 17.9. The van der Waals surface area contributed by atoms with Crippen molar-refractivity contribution >= 4 is 45.8 Å². The van der Waals surface area contributed by atoms with Gasteiger partial charge in [-0.3, -0.25) is 14.9 Å². The van der Waals surface area contributed by atoms with Gasteiger partial charge in [0, 0.05) is 10.4 Å². The Bertz CT molecular complexity index is 934. The predicted octanol–water partition coefficient (Wildman–Crippen LogP) is 2.85. The van der Waals surface area contributed by atoms with Crippen molar-refractivity contribution in [3.05, 3.63) is 62.8 Å². The number of hydrogen-bond acceptors (Lipinski definition) is 7. The summed E-state index contributed by atoms with van der Waals surface area (Å²) < 4.78 is 0. The first-order valence-electron chi connectivity index (χ1n) is 7.66. The first-order valence-corrected chi connectivity index (χ1v) is 9.36. The van der Waals surface area contributed by atoms with Crippen LogP contribution in [-0.4, -0.2) is 28.2 Å². The molecule has 0 spiro atoms. The second kappa shape index (κ2) is 8.45. The zero-order valence-corrected chi connectivity index (χ0v) is 15.4. The molecule has 0 aliphatic carbocycles. The number of benzene rings is 1. The third kappa shape index (κ3) is 4.80. The number of carbonyl (C=O) groups excluding carboxylic acids is 2. The van der Waals surface area contributed by atoms with Gasteiger partial charge in [0.15, 0.2) is 0 Å². The van der Waals surface area contributed by atoms with E-state index in [2.05, 4.69) is 26.0 Å². The highest BCUT2D eigenvalue weighted by atomic mass is 32.1. The molecular weight excluding hydrogens is 370 g/mol. The van der Waals surface area contributed by atoms with Gasteiger partial charge in [-0.25, -0.2) is 5.43 Å². The number of hydrogen-bond donors (Lipinski definition) is 2. The Kier molecular flexibility index (Phi) is 5.82. The summed E-state index contributed by atoms with van der Waals surface area (Å²) in [6.45, 7) is 1.86. The first-order chi connectivity index (χ1) is 12.6. The highest BCUT2D eigenvalue weighted by Crippen LogP contribution is 2.17. The number of carbonyl (C=O) groups is 2. The molecule has 0 saturated heterocycles. The lowest BCUT2D eigenvalue weighted by Gasteiger charge is -2.03. The van der Waals surface area contributed by atoms with Crippen molar-refractivity contribution in [1.29, 1.82) is 0 Å². The monoisotopic (exact) mass is 385 g/mol. The van der Waals surface area contributed by atoms with E-state index in [0.717, 1.165) is 21.8 Å². The third-order valence-electron chi connectivity index (χ3n) is 3.31. The lowest BCUT2D eigenvalue weighted by Crippen LogP contribution is -2.19. The maximum atomic E-state index is 12.3. The molecule has 1 aromatic carbocycles. The average Bonchev–Trinajstić information content (AvgIpc) is 3.27. The van der Waals surface area contributed by atoms with Crippen LogP contribution in [-0.2, 0) is 11.2 Å². The number of anilines is 1. The van der Waals surface area contributed by atoms with E-state index in [-0.39, 0.29) is 18.2 Å². The normalized spacial score (nSPS) is 10.8. The number of nitrogens with zero attached hydrogens (tertiary/aromatic N) is 3. The number of thiophene rings is 1. The summed E-state index contributed by atoms with van der Waals surface area (Å²) in [4.78, 5) is 25.1. The summed E-state index contributed by atoms with van der Waals surface area (Å²) in [5.41, 5.74) is 3.89. The fourth-order valence-electron chi connectivity index (χ4n) is 2.08. The Labute approximate surface area is 157 Å². The number of aryl methyl sites for hydroxylation is 1. The maximum absolute atomic E-state index is 12.3. The van der Waals surface area contributed by atoms with Crippen LogP contribution in [0.25, 0.3) is 0 Å². The molecule has 2 amide bonds. The lowest BCUT2D eigenvalue weighted by atomic mass is 10.1. The molecule has 0 saturated carbocycles. The van der Waals surface area contributed by atoms with Crippen LogP contribution in [0.3, 0.4) is 0 Å². The van der Waals surface area contributed by atoms with Gasteiger partial charge < -0.3 is 0 Å². The molecule has 2 N–H and O–H groups in total. The molecule has 2 heterocycles. The van der Waals surface area contributed by atoms with Crippen LogP contribution >= 0.6 is 22.7 Å². The molecule has 0 atom stereocenters. The maximum Gasteiger partial charge on any atom is 0.257 e. The van der Waals surface area contributed by atoms with Crippen LogP contribution < -0.4 is 10.7 Å². The summed E-state index contributed by atoms with van der Waals surface area (Å²) in [5, 5.41) is 17.2. The number of rotatable bonds is 6. The highest BCUT2D eigenvalue weighted by molar-refractivity contribution is 7.15. The largest absolute Gasteiger partial charge is 0.296 e. The zero-order chi connectivity index (χ0) is 18.4. The Morgan fingerprint density at radius 1 is 1.19 bits per heavy atom. The standard InChI is InChI=1S/C17H15N5O2S2/c1-11-5-2-3-7-13(11)16(24)19-17-22-21-15(26-17)9-14(23)20-18-10-12-6-4-8-25-12/h2-8,10H,9H2,1H3,(H,20,23)(H,19,22,24)/b18-10-. The van der Waals surface area contributed by atoms with Crippen LogP contribution in [0, 0.1) is 6.92 Å². The number of hydrazone groups is 1. The molecule has 3 aromatic rings. The summed E-state index contributed by atoms with van der Waals surface area (Å²) in [7, 11) is 0. The number of aromatic nitrogens is 2. The Morgan fingerprint density at radius 3 is 2.81 bits per heavy atom. The Hall–Kier alpha value is -2.91. The van der Waals surface area contributed by atoms with E-state index in [1.165, 1.54) is 11.3 Å². The van der Waals surface area contributed by atoms with Crippen LogP contribution in [0.2, 0.25) is 0 Å². The van der Waals surface area contributed by atoms with Crippen molar-refractivity contribution in [2.75, 3.05) is 5.32 Å². The molecule has 0 aliphatic heterocycles. The molecule has 0 aliphatic rings. The van der Waals surface area contributed by atoms with Crippen LogP contribution in [0.5, 0.6) is 0 Å². The van der Waals surface area contributed by atoms with Crippen LogP contribution in [0.15, 0.2) is 46.9 Å². The predicted molar refractivity (Wildman–Crippen MR) is 103 cm³/mol. The van der Waals surface area contributed by atoms with Gasteiger partial charge in [-0.2, -0.15) is 5.10 Å². The van der Waals surface area contributed by atoms with Gasteiger partial charge in [-0.05, 0) is 30.0 Å². The second-order valence-corrected chi connectivity index (χ2v) is 7.30. The summed E-state index contributed by atoms with van der Waals surface area (Å²) in [6, 6.07) is 11.1. The summed E-state index contributed by atoms with van der Waals surface area (Å²) in [5.74, 6) is -0.554. The minimum atomic E-state index is -0.300. The third-order valence-corrected chi connectivity index (χ3v) is 4.96. The number of nitrogens with one attached hydrogen (secondary N) is 2. The van der Waals surface area contributed by atoms with Gasteiger partial charge in [-0.15, -0.1) is 21.5 Å². The molecule has 0 bridgehead atoms. The van der Waals surface area contributed by atoms with Crippen LogP contribution in [0.4, 0.5) is 5.13 Å². The molecule has 3 rings (SSSR count). The molecular formula is C17H15N5O2S2. The van der Waals surface area contributed by atoms with E-state index in [4.69, 9.17) is 0 Å². The SMILES string of the molecule is Cc1ccccc1C(=O)Nc1nnc(CC(=O)N/N=C\c2cccs2)s1. The molecule has 26 heavy (non-hydrogen) atoms. The summed E-state index contributed by atoms with van der Waals surface area (Å²) >= 11 is 2.68. The van der Waals surface area contributed by atoms with Gasteiger partial charge >= 0.3 is 0 Å². The molecule has 132 valence electrons. The van der Waals surface area contributed by atoms with Gasteiger partial charge in [0.25, 0.3) is 5.91 Å².